The monoisotopic (exact) mass is 365 g/mol. The third-order valence-electron chi connectivity index (χ3n) is 3.71. The molecule has 1 rings (SSSR count). The van der Waals surface area contributed by atoms with Gasteiger partial charge in [0.15, 0.2) is 0 Å². The molecule has 1 heterocycles. The predicted octanol–water partition coefficient (Wildman–Crippen LogP) is 1.79. The van der Waals surface area contributed by atoms with E-state index in [-0.39, 0.29) is 12.4 Å². The lowest BCUT2D eigenvalue weighted by Gasteiger charge is -2.26. The molecule has 1 aliphatic heterocycles. The van der Waals surface area contributed by atoms with Crippen molar-refractivity contribution in [3.8, 4) is 0 Å². The summed E-state index contributed by atoms with van der Waals surface area (Å²) in [6, 6.07) is 0. The highest BCUT2D eigenvalue weighted by atomic mass is 35.5. The smallest absolute Gasteiger partial charge is 0.206 e. The standard InChI is InChI=1S/C10H30N4P4.ClH/c1-13-15(3,4)11-17(7,8)14(2)18(9,10)12-16(13,5)6;/h1-10H3;1H/q+2;/p-1. The van der Waals surface area contributed by atoms with Gasteiger partial charge in [0.25, 0.3) is 0 Å². The SMILES string of the molecule is C[N+]1=P(C)(C)N=P(C)(C)[N+](C)=P(C)(C)N=P1(C)C.[Cl-]. The number of hydrogen-bond donors (Lipinski definition) is 0. The maximum atomic E-state index is 5.32. The highest BCUT2D eigenvalue weighted by Gasteiger charge is 2.35. The molecule has 0 aliphatic carbocycles. The first-order chi connectivity index (χ1) is 7.72. The van der Waals surface area contributed by atoms with Gasteiger partial charge >= 0.3 is 0 Å². The molecular weight excluding hydrogens is 335 g/mol. The number of rotatable bonds is 0. The summed E-state index contributed by atoms with van der Waals surface area (Å²) < 4.78 is 15.7. The molecule has 0 saturated heterocycles. The minimum atomic E-state index is -1.40. The second-order valence-corrected chi connectivity index (χ2v) is 21.7. The van der Waals surface area contributed by atoms with Gasteiger partial charge in [0.2, 0.25) is 28.8 Å². The third-order valence-corrected chi connectivity index (χ3v) is 21.6. The fourth-order valence-electron chi connectivity index (χ4n) is 2.37. The molecule has 0 fully saturated rings. The van der Waals surface area contributed by atoms with E-state index in [9.17, 15) is 0 Å². The first kappa shape index (κ1) is 20.2. The summed E-state index contributed by atoms with van der Waals surface area (Å²) in [6.07, 6.45) is 0. The van der Waals surface area contributed by atoms with Crippen molar-refractivity contribution < 1.29 is 20.6 Å². The van der Waals surface area contributed by atoms with Crippen LogP contribution in [0.2, 0.25) is 0 Å². The van der Waals surface area contributed by atoms with Crippen LogP contribution in [0.15, 0.2) is 9.03 Å². The normalized spacial score (nSPS) is 27.3. The predicted molar refractivity (Wildman–Crippen MR) is 92.3 cm³/mol. The van der Waals surface area contributed by atoms with E-state index in [4.69, 9.17) is 9.03 Å². The molecule has 4 nitrogen and oxygen atoms in total. The van der Waals surface area contributed by atoms with E-state index in [1.165, 1.54) is 0 Å². The number of halogens is 1. The average Bonchev–Trinajstić information content (AvgIpc) is 2.10. The van der Waals surface area contributed by atoms with Crippen LogP contribution in [0.25, 0.3) is 0 Å². The molecule has 0 unspecified atom stereocenters. The van der Waals surface area contributed by atoms with Crippen LogP contribution < -0.4 is 12.4 Å². The van der Waals surface area contributed by atoms with E-state index in [0.717, 1.165) is 0 Å². The fraction of sp³-hybridized carbons (Fsp3) is 1.00. The highest BCUT2D eigenvalue weighted by Crippen LogP contribution is 2.69. The van der Waals surface area contributed by atoms with Crippen LogP contribution in [0.4, 0.5) is 0 Å². The Labute approximate surface area is 126 Å². The van der Waals surface area contributed by atoms with Crippen LogP contribution in [0, 0.1) is 0 Å². The van der Waals surface area contributed by atoms with Crippen molar-refractivity contribution in [3.05, 3.63) is 0 Å². The topological polar surface area (TPSA) is 30.7 Å². The van der Waals surface area contributed by atoms with Crippen LogP contribution in [0.1, 0.15) is 0 Å². The Hall–Kier alpha value is 1.21. The summed E-state index contributed by atoms with van der Waals surface area (Å²) in [6.45, 7) is 18.6. The minimum absolute atomic E-state index is 0. The molecule has 0 atom stereocenters. The minimum Gasteiger partial charge on any atom is -1.00 e. The van der Waals surface area contributed by atoms with Gasteiger partial charge in [0, 0.05) is 53.3 Å². The zero-order chi connectivity index (χ0) is 14.6. The highest BCUT2D eigenvalue weighted by molar-refractivity contribution is 7.80. The molecule has 0 aromatic heterocycles. The van der Waals surface area contributed by atoms with Crippen molar-refractivity contribution in [3.63, 3.8) is 0 Å². The van der Waals surface area contributed by atoms with Crippen LogP contribution in [-0.4, -0.2) is 75.6 Å². The maximum Gasteiger partial charge on any atom is 0.206 e. The Morgan fingerprint density at radius 1 is 0.579 bits per heavy atom. The van der Waals surface area contributed by atoms with Gasteiger partial charge in [-0.15, -0.1) is 0 Å². The first-order valence-corrected chi connectivity index (χ1v) is 16.4. The van der Waals surface area contributed by atoms with Gasteiger partial charge in [-0.25, -0.2) is 8.20 Å². The average molecular weight is 366 g/mol. The largest absolute Gasteiger partial charge is 1.00 e. The molecule has 0 spiro atoms. The quantitative estimate of drug-likeness (QED) is 0.586. The lowest BCUT2D eigenvalue weighted by atomic mass is 11.6. The molecule has 0 bridgehead atoms. The number of nitrogens with zero attached hydrogens (tertiary/aromatic N) is 4. The van der Waals surface area contributed by atoms with E-state index < -0.39 is 28.8 Å². The van der Waals surface area contributed by atoms with Gasteiger partial charge in [0.1, 0.15) is 14.1 Å². The zero-order valence-electron chi connectivity index (χ0n) is 14.0. The van der Waals surface area contributed by atoms with E-state index in [0.29, 0.717) is 0 Å². The van der Waals surface area contributed by atoms with E-state index >= 15 is 0 Å². The van der Waals surface area contributed by atoms with Crippen LogP contribution in [-0.2, 0) is 0 Å². The fourth-order valence-corrected chi connectivity index (χ4v) is 22.7. The second-order valence-electron chi connectivity index (χ2n) is 6.50. The van der Waals surface area contributed by atoms with Gasteiger partial charge in [-0.2, -0.15) is 9.03 Å². The lowest BCUT2D eigenvalue weighted by Crippen LogP contribution is -3.00. The molecule has 1 aliphatic rings. The van der Waals surface area contributed by atoms with E-state index in [2.05, 4.69) is 75.6 Å². The molecule has 116 valence electrons. The van der Waals surface area contributed by atoms with Crippen molar-refractivity contribution in [1.82, 2.24) is 0 Å². The molecule has 0 N–H and O–H groups in total. The summed E-state index contributed by atoms with van der Waals surface area (Å²) in [5.41, 5.74) is 0. The molecule has 0 aromatic carbocycles. The molecule has 0 aromatic rings. The summed E-state index contributed by atoms with van der Waals surface area (Å²) >= 11 is 0. The summed E-state index contributed by atoms with van der Waals surface area (Å²) in [4.78, 5) is 0. The van der Waals surface area contributed by atoms with Gasteiger partial charge in [-0.3, -0.25) is 0 Å². The van der Waals surface area contributed by atoms with E-state index in [1.54, 1.807) is 0 Å². The molecule has 9 heteroatoms. The molecular formula is C10H30ClN4P4+. The van der Waals surface area contributed by atoms with Crippen molar-refractivity contribution >= 4 is 28.8 Å². The van der Waals surface area contributed by atoms with Gasteiger partial charge in [-0.1, -0.05) is 0 Å². The van der Waals surface area contributed by atoms with Crippen molar-refractivity contribution in [2.24, 2.45) is 9.03 Å². The van der Waals surface area contributed by atoms with Gasteiger partial charge in [-0.05, 0) is 0 Å². The summed E-state index contributed by atoms with van der Waals surface area (Å²) in [7, 11) is -1.11. The van der Waals surface area contributed by atoms with Gasteiger partial charge in [0.05, 0.1) is 0 Å². The molecule has 0 radical (unpaired) electrons. The molecule has 0 saturated carbocycles. The van der Waals surface area contributed by atoms with Crippen LogP contribution in [0.5, 0.6) is 0 Å². The summed E-state index contributed by atoms with van der Waals surface area (Å²) in [5.74, 6) is 0. The summed E-state index contributed by atoms with van der Waals surface area (Å²) in [5, 5.41) is 0. The second kappa shape index (κ2) is 5.78. The Balaban J connectivity index is 0.00000324. The Morgan fingerprint density at radius 2 is 0.789 bits per heavy atom. The van der Waals surface area contributed by atoms with Crippen molar-refractivity contribution in [1.29, 1.82) is 0 Å². The van der Waals surface area contributed by atoms with Crippen molar-refractivity contribution in [2.75, 3.05) is 67.4 Å². The van der Waals surface area contributed by atoms with Gasteiger partial charge < -0.3 is 12.4 Å². The molecule has 0 amide bonds. The zero-order valence-corrected chi connectivity index (χ0v) is 18.3. The maximum absolute atomic E-state index is 5.32. The van der Waals surface area contributed by atoms with Crippen molar-refractivity contribution in [2.45, 2.75) is 0 Å². The molecule has 19 heavy (non-hydrogen) atoms. The third kappa shape index (κ3) is 4.11. The number of hydrogen-bond acceptors (Lipinski definition) is 2. The van der Waals surface area contributed by atoms with Crippen LogP contribution >= 0.6 is 28.8 Å². The van der Waals surface area contributed by atoms with E-state index in [1.807, 2.05) is 0 Å². The van der Waals surface area contributed by atoms with Crippen LogP contribution in [0.3, 0.4) is 0 Å². The Bertz CT molecular complexity index is 539. The first-order valence-electron chi connectivity index (χ1n) is 6.07. The Morgan fingerprint density at radius 3 is 1.00 bits per heavy atom. The Kier molecular flexibility index (Phi) is 6.14. The lowest BCUT2D eigenvalue weighted by molar-refractivity contribution is -0.311.